The van der Waals surface area contributed by atoms with Crippen molar-refractivity contribution in [2.24, 2.45) is 5.92 Å². The minimum absolute atomic E-state index is 0.0210. The Hall–Kier alpha value is -3.22. The number of amides is 1. The number of hydrogen-bond acceptors (Lipinski definition) is 4. The number of carbonyl (C=O) groups is 1. The molecule has 0 bridgehead atoms. The van der Waals surface area contributed by atoms with Crippen LogP contribution in [0.5, 0.6) is 0 Å². The van der Waals surface area contributed by atoms with Crippen LogP contribution in [0.15, 0.2) is 47.4 Å². The SMILES string of the molecule is O=C([C@@H]1CC=CCC1)N1Cc2nc3cc(-c4ccccn4)[nH]n3c(=O)c2C1. The molecule has 4 heterocycles. The Morgan fingerprint density at radius 1 is 1.22 bits per heavy atom. The first-order valence-corrected chi connectivity index (χ1v) is 9.19. The number of nitrogens with one attached hydrogen (secondary N) is 1. The Morgan fingerprint density at radius 2 is 2.15 bits per heavy atom. The number of pyridine rings is 1. The van der Waals surface area contributed by atoms with E-state index < -0.39 is 0 Å². The first-order valence-electron chi connectivity index (χ1n) is 9.19. The highest BCUT2D eigenvalue weighted by Gasteiger charge is 2.32. The molecule has 5 rings (SSSR count). The fourth-order valence-electron chi connectivity index (χ4n) is 3.91. The summed E-state index contributed by atoms with van der Waals surface area (Å²) in [6.45, 7) is 0.741. The van der Waals surface area contributed by atoms with Crippen molar-refractivity contribution < 1.29 is 4.79 Å². The zero-order valence-corrected chi connectivity index (χ0v) is 14.8. The minimum Gasteiger partial charge on any atom is -0.332 e. The van der Waals surface area contributed by atoms with Gasteiger partial charge in [0.15, 0.2) is 5.65 Å². The molecule has 1 aliphatic carbocycles. The summed E-state index contributed by atoms with van der Waals surface area (Å²) in [5.74, 6) is 0.146. The molecule has 0 saturated carbocycles. The van der Waals surface area contributed by atoms with E-state index in [1.807, 2.05) is 24.3 Å². The Kier molecular flexibility index (Phi) is 3.67. The monoisotopic (exact) mass is 361 g/mol. The Bertz CT molecular complexity index is 1110. The third kappa shape index (κ3) is 2.66. The molecule has 0 saturated heterocycles. The van der Waals surface area contributed by atoms with E-state index in [1.165, 1.54) is 4.52 Å². The van der Waals surface area contributed by atoms with E-state index in [4.69, 9.17) is 0 Å². The van der Waals surface area contributed by atoms with Gasteiger partial charge in [-0.3, -0.25) is 19.7 Å². The zero-order valence-electron chi connectivity index (χ0n) is 14.8. The number of rotatable bonds is 2. The van der Waals surface area contributed by atoms with Crippen molar-refractivity contribution in [1.29, 1.82) is 0 Å². The Balaban J connectivity index is 1.47. The largest absolute Gasteiger partial charge is 0.332 e. The molecule has 0 unspecified atom stereocenters. The van der Waals surface area contributed by atoms with Crippen LogP contribution in [0.4, 0.5) is 0 Å². The third-order valence-corrected chi connectivity index (χ3v) is 5.35. The smallest absolute Gasteiger partial charge is 0.278 e. The lowest BCUT2D eigenvalue weighted by atomic mass is 9.93. The van der Waals surface area contributed by atoms with Gasteiger partial charge in [0.05, 0.1) is 35.7 Å². The highest BCUT2D eigenvalue weighted by Crippen LogP contribution is 2.26. The maximum absolute atomic E-state index is 12.9. The van der Waals surface area contributed by atoms with Crippen LogP contribution in [-0.4, -0.2) is 30.4 Å². The summed E-state index contributed by atoms with van der Waals surface area (Å²) in [6.07, 6.45) is 8.51. The van der Waals surface area contributed by atoms with Crippen LogP contribution in [0.2, 0.25) is 0 Å². The predicted molar refractivity (Wildman–Crippen MR) is 99.8 cm³/mol. The first-order chi connectivity index (χ1) is 13.2. The van der Waals surface area contributed by atoms with Gasteiger partial charge >= 0.3 is 0 Å². The molecule has 1 N–H and O–H groups in total. The van der Waals surface area contributed by atoms with E-state index in [9.17, 15) is 9.59 Å². The number of H-pyrrole nitrogens is 1. The molecule has 0 aromatic carbocycles. The predicted octanol–water partition coefficient (Wildman–Crippen LogP) is 2.28. The van der Waals surface area contributed by atoms with Crippen molar-refractivity contribution in [3.63, 3.8) is 0 Å². The molecule has 7 nitrogen and oxygen atoms in total. The van der Waals surface area contributed by atoms with Gasteiger partial charge in [0.1, 0.15) is 0 Å². The summed E-state index contributed by atoms with van der Waals surface area (Å²) in [4.78, 5) is 36.4. The molecule has 0 spiro atoms. The van der Waals surface area contributed by atoms with Crippen molar-refractivity contribution in [1.82, 2.24) is 24.5 Å². The average molecular weight is 361 g/mol. The molecular formula is C20H19N5O2. The lowest BCUT2D eigenvalue weighted by Gasteiger charge is -2.23. The maximum Gasteiger partial charge on any atom is 0.278 e. The number of aromatic nitrogens is 4. The number of hydrogen-bond donors (Lipinski definition) is 1. The number of allylic oxidation sites excluding steroid dienone is 2. The van der Waals surface area contributed by atoms with Crippen LogP contribution in [0.3, 0.4) is 0 Å². The summed E-state index contributed by atoms with van der Waals surface area (Å²) in [5.41, 5.74) is 3.20. The van der Waals surface area contributed by atoms with Gasteiger partial charge in [0.2, 0.25) is 5.91 Å². The molecule has 0 radical (unpaired) electrons. The second-order valence-electron chi connectivity index (χ2n) is 7.10. The minimum atomic E-state index is -0.143. The van der Waals surface area contributed by atoms with Crippen LogP contribution in [0.25, 0.3) is 17.0 Å². The molecule has 0 fully saturated rings. The van der Waals surface area contributed by atoms with Crippen molar-refractivity contribution in [2.45, 2.75) is 32.4 Å². The fraction of sp³-hybridized carbons (Fsp3) is 0.300. The van der Waals surface area contributed by atoms with Crippen LogP contribution < -0.4 is 5.56 Å². The molecule has 1 aliphatic heterocycles. The molecule has 3 aromatic heterocycles. The van der Waals surface area contributed by atoms with Crippen LogP contribution in [0, 0.1) is 5.92 Å². The summed E-state index contributed by atoms with van der Waals surface area (Å²) in [5, 5.41) is 3.08. The number of aromatic amines is 1. The van der Waals surface area contributed by atoms with Crippen molar-refractivity contribution in [2.75, 3.05) is 0 Å². The van der Waals surface area contributed by atoms with Crippen LogP contribution >= 0.6 is 0 Å². The topological polar surface area (TPSA) is 83.4 Å². The van der Waals surface area contributed by atoms with Crippen molar-refractivity contribution >= 4 is 11.6 Å². The van der Waals surface area contributed by atoms with E-state index in [0.717, 1.165) is 30.7 Å². The first kappa shape index (κ1) is 16.0. The van der Waals surface area contributed by atoms with Crippen LogP contribution in [-0.2, 0) is 17.9 Å². The number of nitrogens with zero attached hydrogens (tertiary/aromatic N) is 4. The second-order valence-corrected chi connectivity index (χ2v) is 7.10. The van der Waals surface area contributed by atoms with Crippen molar-refractivity contribution in [3.8, 4) is 11.4 Å². The normalized spacial score (nSPS) is 18.8. The highest BCUT2D eigenvalue weighted by atomic mass is 16.2. The molecule has 136 valence electrons. The zero-order chi connectivity index (χ0) is 18.4. The Labute approximate surface area is 155 Å². The lowest BCUT2D eigenvalue weighted by Crippen LogP contribution is -2.33. The van der Waals surface area contributed by atoms with E-state index in [-0.39, 0.29) is 17.4 Å². The van der Waals surface area contributed by atoms with Gasteiger partial charge in [-0.1, -0.05) is 18.2 Å². The summed E-state index contributed by atoms with van der Waals surface area (Å²) in [7, 11) is 0. The lowest BCUT2D eigenvalue weighted by molar-refractivity contribution is -0.136. The molecule has 1 amide bonds. The van der Waals surface area contributed by atoms with E-state index >= 15 is 0 Å². The average Bonchev–Trinajstić information content (AvgIpc) is 3.34. The van der Waals surface area contributed by atoms with E-state index in [2.05, 4.69) is 27.2 Å². The second kappa shape index (κ2) is 6.19. The van der Waals surface area contributed by atoms with Gasteiger partial charge in [-0.05, 0) is 31.4 Å². The highest BCUT2D eigenvalue weighted by molar-refractivity contribution is 5.79. The van der Waals surface area contributed by atoms with E-state index in [1.54, 1.807) is 11.1 Å². The standard InChI is InChI=1S/C20H19N5O2/c26-19(13-6-2-1-3-7-13)24-11-14-17(12-24)22-18-10-16(23-25(18)20(14)27)15-8-4-5-9-21-15/h1-2,4-5,8-10,13,23H,3,6-7,11-12H2/t13-/m1/s1. The molecule has 3 aromatic rings. The van der Waals surface area contributed by atoms with Gasteiger partial charge in [-0.15, -0.1) is 0 Å². The van der Waals surface area contributed by atoms with Crippen LogP contribution in [0.1, 0.15) is 30.5 Å². The molecule has 1 atom stereocenters. The molecule has 27 heavy (non-hydrogen) atoms. The summed E-state index contributed by atoms with van der Waals surface area (Å²) in [6, 6.07) is 7.44. The maximum atomic E-state index is 12.9. The van der Waals surface area contributed by atoms with Gasteiger partial charge in [-0.2, -0.15) is 0 Å². The molecular weight excluding hydrogens is 342 g/mol. The number of fused-ring (bicyclic) bond motifs is 2. The third-order valence-electron chi connectivity index (χ3n) is 5.35. The van der Waals surface area contributed by atoms with Gasteiger partial charge in [0.25, 0.3) is 5.56 Å². The van der Waals surface area contributed by atoms with E-state index in [0.29, 0.717) is 30.0 Å². The van der Waals surface area contributed by atoms with Crippen molar-refractivity contribution in [3.05, 3.63) is 64.2 Å². The molecule has 7 heteroatoms. The fourth-order valence-corrected chi connectivity index (χ4v) is 3.91. The molecule has 2 aliphatic rings. The number of carbonyl (C=O) groups excluding carboxylic acids is 1. The summed E-state index contributed by atoms with van der Waals surface area (Å²) < 4.78 is 1.44. The van der Waals surface area contributed by atoms with Gasteiger partial charge in [0, 0.05) is 18.2 Å². The van der Waals surface area contributed by atoms with Gasteiger partial charge in [-0.25, -0.2) is 9.50 Å². The van der Waals surface area contributed by atoms with Gasteiger partial charge < -0.3 is 4.90 Å². The quantitative estimate of drug-likeness (QED) is 0.710. The Morgan fingerprint density at radius 3 is 2.93 bits per heavy atom. The summed E-state index contributed by atoms with van der Waals surface area (Å²) >= 11 is 0.